The predicted octanol–water partition coefficient (Wildman–Crippen LogP) is 3.01. The summed E-state index contributed by atoms with van der Waals surface area (Å²) >= 11 is 6.00. The van der Waals surface area contributed by atoms with Gasteiger partial charge in [0.1, 0.15) is 5.78 Å². The maximum absolute atomic E-state index is 11.8. The van der Waals surface area contributed by atoms with E-state index in [4.69, 9.17) is 17.4 Å². The van der Waals surface area contributed by atoms with Gasteiger partial charge in [-0.15, -0.1) is 0 Å². The second kappa shape index (κ2) is 4.75. The smallest absolute Gasteiger partial charge is 0.140 e. The van der Waals surface area contributed by atoms with Gasteiger partial charge in [-0.3, -0.25) is 9.80 Å². The molecule has 0 spiro atoms. The van der Waals surface area contributed by atoms with E-state index in [-0.39, 0.29) is 11.2 Å². The van der Waals surface area contributed by atoms with Crippen molar-refractivity contribution in [2.75, 3.05) is 0 Å². The second-order valence-electron chi connectivity index (χ2n) is 4.75. The van der Waals surface area contributed by atoms with Crippen LogP contribution in [0.1, 0.15) is 26.2 Å². The molecule has 1 heterocycles. The Morgan fingerprint density at radius 3 is 2.61 bits per heavy atom. The van der Waals surface area contributed by atoms with Gasteiger partial charge in [0.15, 0.2) is 0 Å². The number of rotatable bonds is 3. The first kappa shape index (κ1) is 13.1. The van der Waals surface area contributed by atoms with Crippen LogP contribution in [-0.2, 0) is 4.79 Å². The first-order valence-corrected chi connectivity index (χ1v) is 6.36. The molecule has 0 atom stereocenters. The molecule has 0 amide bonds. The molecular formula is C14H17ClN2O. The largest absolute Gasteiger partial charge is 0.299 e. The molecule has 0 unspecified atom stereocenters. The summed E-state index contributed by atoms with van der Waals surface area (Å²) in [6.45, 7) is 5.26. The van der Waals surface area contributed by atoms with Crippen molar-refractivity contribution >= 4 is 17.4 Å². The number of Topliss-reactive ketones (excluding diaryl/α,β-unsaturated/α-hetero) is 1. The van der Waals surface area contributed by atoms with Gasteiger partial charge in [0.2, 0.25) is 0 Å². The highest BCUT2D eigenvalue weighted by Crippen LogP contribution is 2.49. The molecule has 4 heteroatoms. The Bertz CT molecular complexity index is 484. The van der Waals surface area contributed by atoms with Crippen LogP contribution in [0.2, 0.25) is 0 Å². The van der Waals surface area contributed by atoms with E-state index in [0.29, 0.717) is 10.7 Å². The summed E-state index contributed by atoms with van der Waals surface area (Å²) < 4.78 is 0. The van der Waals surface area contributed by atoms with Crippen molar-refractivity contribution in [1.82, 2.24) is 5.01 Å². The molecule has 0 aromatic heterocycles. The topological polar surface area (TPSA) is 46.3 Å². The molecule has 1 aliphatic heterocycles. The Morgan fingerprint density at radius 1 is 1.56 bits per heavy atom. The molecule has 1 fully saturated rings. The molecule has 0 radical (unpaired) electrons. The summed E-state index contributed by atoms with van der Waals surface area (Å²) in [5, 5.41) is 1.96. The van der Waals surface area contributed by atoms with Gasteiger partial charge in [0.25, 0.3) is 0 Å². The fraction of sp³-hybridized carbons (Fsp3) is 0.357. The van der Waals surface area contributed by atoms with Crippen molar-refractivity contribution in [2.45, 2.75) is 26.2 Å². The van der Waals surface area contributed by atoms with Gasteiger partial charge >= 0.3 is 0 Å². The third-order valence-electron chi connectivity index (χ3n) is 3.83. The Labute approximate surface area is 112 Å². The van der Waals surface area contributed by atoms with Crippen molar-refractivity contribution in [3.05, 3.63) is 47.3 Å². The lowest BCUT2D eigenvalue weighted by atomic mass is 9.61. The number of halogens is 1. The fourth-order valence-corrected chi connectivity index (χ4v) is 2.64. The summed E-state index contributed by atoms with van der Waals surface area (Å²) in [4.78, 5) is 11.8. The Hall–Kier alpha value is -1.32. The van der Waals surface area contributed by atoms with Crippen molar-refractivity contribution in [3.8, 4) is 0 Å². The van der Waals surface area contributed by atoms with Gasteiger partial charge < -0.3 is 0 Å². The number of hydrazine groups is 1. The van der Waals surface area contributed by atoms with Crippen molar-refractivity contribution in [2.24, 2.45) is 11.3 Å². The van der Waals surface area contributed by atoms with Crippen LogP contribution in [0.15, 0.2) is 47.3 Å². The highest BCUT2D eigenvalue weighted by Gasteiger charge is 2.44. The van der Waals surface area contributed by atoms with E-state index in [0.717, 1.165) is 24.8 Å². The number of nitrogens with two attached hydrogens (primary N) is 1. The summed E-state index contributed by atoms with van der Waals surface area (Å²) in [5.74, 6) is 6.13. The van der Waals surface area contributed by atoms with Crippen LogP contribution in [0.3, 0.4) is 0 Å². The van der Waals surface area contributed by atoms with E-state index in [1.165, 1.54) is 5.01 Å². The van der Waals surface area contributed by atoms with E-state index in [9.17, 15) is 4.79 Å². The molecule has 2 rings (SSSR count). The van der Waals surface area contributed by atoms with Crippen LogP contribution < -0.4 is 5.84 Å². The highest BCUT2D eigenvalue weighted by atomic mass is 35.5. The SMILES string of the molecule is C=C/C(Cl)=C1/C=CC(C2(C(C)=O)CCC2)=CN1N. The Morgan fingerprint density at radius 2 is 2.22 bits per heavy atom. The zero-order valence-corrected chi connectivity index (χ0v) is 11.2. The Balaban J connectivity index is 2.33. The van der Waals surface area contributed by atoms with E-state index in [1.807, 2.05) is 12.2 Å². The number of hydrogen-bond acceptors (Lipinski definition) is 3. The summed E-state index contributed by atoms with van der Waals surface area (Å²) in [7, 11) is 0. The van der Waals surface area contributed by atoms with E-state index < -0.39 is 0 Å². The minimum atomic E-state index is -0.333. The molecule has 0 bridgehead atoms. The van der Waals surface area contributed by atoms with Gasteiger partial charge in [0.05, 0.1) is 16.1 Å². The van der Waals surface area contributed by atoms with Crippen LogP contribution in [0.4, 0.5) is 0 Å². The second-order valence-corrected chi connectivity index (χ2v) is 5.16. The van der Waals surface area contributed by atoms with Crippen LogP contribution in [0.5, 0.6) is 0 Å². The van der Waals surface area contributed by atoms with Gasteiger partial charge in [-0.2, -0.15) is 0 Å². The van der Waals surface area contributed by atoms with Gasteiger partial charge in [-0.05, 0) is 37.5 Å². The average Bonchev–Trinajstić information content (AvgIpc) is 2.26. The summed E-state index contributed by atoms with van der Waals surface area (Å²) in [5.41, 5.74) is 1.33. The van der Waals surface area contributed by atoms with Crippen LogP contribution >= 0.6 is 11.6 Å². The monoisotopic (exact) mass is 264 g/mol. The molecular weight excluding hydrogens is 248 g/mol. The molecule has 3 nitrogen and oxygen atoms in total. The number of hydrogen-bond donors (Lipinski definition) is 1. The average molecular weight is 265 g/mol. The van der Waals surface area contributed by atoms with Crippen LogP contribution in [0.25, 0.3) is 0 Å². The van der Waals surface area contributed by atoms with Gasteiger partial charge in [-0.1, -0.05) is 30.7 Å². The standard InChI is InChI=1S/C14H17ClN2O/c1-3-12(15)13-6-5-11(9-17(13)16)14(10(2)18)7-4-8-14/h3,5-6,9H,1,4,7-8,16H2,2H3/b13-12+. The first-order chi connectivity index (χ1) is 8.51. The Kier molecular flexibility index (Phi) is 3.46. The predicted molar refractivity (Wildman–Crippen MR) is 73.3 cm³/mol. The molecule has 1 saturated carbocycles. The summed E-state index contributed by atoms with van der Waals surface area (Å²) in [6, 6.07) is 0. The van der Waals surface area contributed by atoms with Crippen molar-refractivity contribution in [3.63, 3.8) is 0 Å². The third-order valence-corrected chi connectivity index (χ3v) is 4.18. The maximum atomic E-state index is 11.8. The highest BCUT2D eigenvalue weighted by molar-refractivity contribution is 6.31. The number of carbonyl (C=O) groups excluding carboxylic acids is 1. The van der Waals surface area contributed by atoms with Crippen LogP contribution in [0, 0.1) is 5.41 Å². The molecule has 0 aromatic rings. The van der Waals surface area contributed by atoms with E-state index >= 15 is 0 Å². The van der Waals surface area contributed by atoms with Gasteiger partial charge in [-0.25, -0.2) is 5.84 Å². The third kappa shape index (κ3) is 1.93. The first-order valence-electron chi connectivity index (χ1n) is 5.99. The molecule has 18 heavy (non-hydrogen) atoms. The minimum Gasteiger partial charge on any atom is -0.299 e. The van der Waals surface area contributed by atoms with Gasteiger partial charge in [0, 0.05) is 6.20 Å². The minimum absolute atomic E-state index is 0.209. The molecule has 96 valence electrons. The number of nitrogens with zero attached hydrogens (tertiary/aromatic N) is 1. The quantitative estimate of drug-likeness (QED) is 0.797. The maximum Gasteiger partial charge on any atom is 0.140 e. The molecule has 2 N–H and O–H groups in total. The molecule has 0 aromatic carbocycles. The summed E-state index contributed by atoms with van der Waals surface area (Å²) in [6.07, 6.45) is 10.0. The normalized spacial score (nSPS) is 24.2. The van der Waals surface area contributed by atoms with Crippen molar-refractivity contribution in [1.29, 1.82) is 0 Å². The van der Waals surface area contributed by atoms with Crippen LogP contribution in [-0.4, -0.2) is 10.8 Å². The lowest BCUT2D eigenvalue weighted by Crippen LogP contribution is -2.40. The molecule has 1 aliphatic carbocycles. The van der Waals surface area contributed by atoms with E-state index in [1.54, 1.807) is 19.2 Å². The number of allylic oxidation sites excluding steroid dienone is 5. The lowest BCUT2D eigenvalue weighted by Gasteiger charge is -2.42. The molecule has 2 aliphatic rings. The zero-order valence-electron chi connectivity index (χ0n) is 10.4. The number of ketones is 1. The van der Waals surface area contributed by atoms with E-state index in [2.05, 4.69) is 6.58 Å². The zero-order chi connectivity index (χ0) is 13.3. The fourth-order valence-electron chi connectivity index (χ4n) is 2.48. The molecule has 0 saturated heterocycles. The number of carbonyl (C=O) groups is 1. The lowest BCUT2D eigenvalue weighted by molar-refractivity contribution is -0.128. The van der Waals surface area contributed by atoms with Crippen molar-refractivity contribution < 1.29 is 4.79 Å².